The highest BCUT2D eigenvalue weighted by atomic mass is 19.1. The molecule has 0 radical (unpaired) electrons. The van der Waals surface area contributed by atoms with Gasteiger partial charge < -0.3 is 19.6 Å². The summed E-state index contributed by atoms with van der Waals surface area (Å²) in [5.74, 6) is -0.753. The molecule has 8 heteroatoms. The van der Waals surface area contributed by atoms with Crippen LogP contribution in [0.2, 0.25) is 0 Å². The first kappa shape index (κ1) is 21.2. The molecule has 0 saturated heterocycles. The van der Waals surface area contributed by atoms with E-state index in [9.17, 15) is 23.9 Å². The average Bonchev–Trinajstić information content (AvgIpc) is 2.71. The second-order valence-corrected chi connectivity index (χ2v) is 9.31. The van der Waals surface area contributed by atoms with Crippen LogP contribution in [0, 0.1) is 18.2 Å². The van der Waals surface area contributed by atoms with Crippen LogP contribution < -0.4 is 15.5 Å². The van der Waals surface area contributed by atoms with Crippen LogP contribution in [0.4, 0.5) is 4.39 Å². The van der Waals surface area contributed by atoms with Crippen molar-refractivity contribution in [2.24, 2.45) is 5.41 Å². The molecule has 0 spiro atoms. The van der Waals surface area contributed by atoms with E-state index in [2.05, 4.69) is 5.32 Å². The molecule has 3 fully saturated rings. The number of benzene rings is 2. The summed E-state index contributed by atoms with van der Waals surface area (Å²) in [5, 5.41) is 12.9. The van der Waals surface area contributed by atoms with Crippen LogP contribution in [0.1, 0.15) is 41.8 Å². The van der Waals surface area contributed by atoms with Gasteiger partial charge in [0.1, 0.15) is 22.9 Å². The molecule has 6 rings (SSSR count). The number of ketones is 1. The highest BCUT2D eigenvalue weighted by Crippen LogP contribution is 2.69. The Morgan fingerprint density at radius 3 is 2.64 bits per heavy atom. The van der Waals surface area contributed by atoms with E-state index in [0.717, 1.165) is 0 Å². The zero-order valence-corrected chi connectivity index (χ0v) is 17.9. The summed E-state index contributed by atoms with van der Waals surface area (Å²) in [6, 6.07) is 9.79. The third-order valence-electron chi connectivity index (χ3n) is 6.58. The number of fused-ring (bicyclic) bond motifs is 1. The number of phenols is 1. The van der Waals surface area contributed by atoms with Gasteiger partial charge in [-0.25, -0.2) is 4.39 Å². The fourth-order valence-corrected chi connectivity index (χ4v) is 5.17. The van der Waals surface area contributed by atoms with Gasteiger partial charge in [-0.1, -0.05) is 6.07 Å². The molecule has 1 amide bonds. The SMILES string of the molecule is Cc1ccc(OCC(=O)NC23CC(CC(=O)c4cc(=O)c5ccc(O)cc5o4)(C2)C3)cc1F. The Morgan fingerprint density at radius 1 is 1.15 bits per heavy atom. The Morgan fingerprint density at radius 2 is 1.91 bits per heavy atom. The lowest BCUT2D eigenvalue weighted by Gasteiger charge is -2.70. The van der Waals surface area contributed by atoms with Crippen LogP contribution in [0.3, 0.4) is 0 Å². The van der Waals surface area contributed by atoms with Crippen molar-refractivity contribution in [1.29, 1.82) is 0 Å². The maximum Gasteiger partial charge on any atom is 0.258 e. The van der Waals surface area contributed by atoms with Gasteiger partial charge in [0.15, 0.2) is 23.6 Å². The maximum atomic E-state index is 13.6. The van der Waals surface area contributed by atoms with E-state index in [1.165, 1.54) is 30.3 Å². The zero-order chi connectivity index (χ0) is 23.4. The van der Waals surface area contributed by atoms with Crippen molar-refractivity contribution in [3.05, 3.63) is 69.8 Å². The predicted molar refractivity (Wildman–Crippen MR) is 117 cm³/mol. The molecule has 3 aromatic rings. The number of ether oxygens (including phenoxy) is 1. The van der Waals surface area contributed by atoms with E-state index in [4.69, 9.17) is 9.15 Å². The minimum atomic E-state index is -0.391. The number of hydrogen-bond donors (Lipinski definition) is 2. The number of carbonyl (C=O) groups excluding carboxylic acids is 2. The highest BCUT2D eigenvalue weighted by Gasteiger charge is 2.68. The van der Waals surface area contributed by atoms with Gasteiger partial charge in [-0.2, -0.15) is 0 Å². The first-order chi connectivity index (χ1) is 15.7. The first-order valence-electron chi connectivity index (χ1n) is 10.7. The van der Waals surface area contributed by atoms with Crippen molar-refractivity contribution in [1.82, 2.24) is 5.32 Å². The molecule has 3 aliphatic carbocycles. The van der Waals surface area contributed by atoms with Crippen molar-refractivity contribution in [3.8, 4) is 11.5 Å². The number of aryl methyl sites for hydroxylation is 1. The Bertz CT molecular complexity index is 1340. The van der Waals surface area contributed by atoms with Crippen molar-refractivity contribution in [2.75, 3.05) is 6.61 Å². The van der Waals surface area contributed by atoms with Crippen LogP contribution in [0.15, 0.2) is 51.7 Å². The summed E-state index contributed by atoms with van der Waals surface area (Å²) in [7, 11) is 0. The minimum Gasteiger partial charge on any atom is -0.508 e. The number of amides is 1. The minimum absolute atomic E-state index is 0.0281. The van der Waals surface area contributed by atoms with Gasteiger partial charge in [0, 0.05) is 30.2 Å². The van der Waals surface area contributed by atoms with Gasteiger partial charge in [0.25, 0.3) is 5.91 Å². The van der Waals surface area contributed by atoms with Crippen LogP contribution in [0.25, 0.3) is 11.0 Å². The summed E-state index contributed by atoms with van der Waals surface area (Å²) >= 11 is 0. The molecule has 7 nitrogen and oxygen atoms in total. The molecule has 2 N–H and O–H groups in total. The third kappa shape index (κ3) is 3.86. The number of halogens is 1. The van der Waals surface area contributed by atoms with Gasteiger partial charge in [-0.3, -0.25) is 14.4 Å². The van der Waals surface area contributed by atoms with Gasteiger partial charge in [-0.15, -0.1) is 0 Å². The van der Waals surface area contributed by atoms with E-state index in [0.29, 0.717) is 30.2 Å². The molecule has 2 aromatic carbocycles. The lowest BCUT2D eigenvalue weighted by molar-refractivity contribution is -0.164. The second kappa shape index (κ2) is 7.43. The molecule has 33 heavy (non-hydrogen) atoms. The van der Waals surface area contributed by atoms with Gasteiger partial charge in [0.05, 0.1) is 5.39 Å². The summed E-state index contributed by atoms with van der Waals surface area (Å²) in [5.41, 5.74) is -0.218. The van der Waals surface area contributed by atoms with Gasteiger partial charge >= 0.3 is 0 Å². The quantitative estimate of drug-likeness (QED) is 0.532. The maximum absolute atomic E-state index is 13.6. The molecule has 3 aliphatic rings. The van der Waals surface area contributed by atoms with Crippen molar-refractivity contribution >= 4 is 22.7 Å². The number of Topliss-reactive ketones (excluding diaryl/α,β-unsaturated/α-hetero) is 1. The number of phenolic OH excluding ortho intramolecular Hbond substituents is 1. The Labute approximate surface area is 188 Å². The van der Waals surface area contributed by atoms with Crippen LogP contribution in [-0.2, 0) is 4.79 Å². The van der Waals surface area contributed by atoms with Crippen LogP contribution in [0.5, 0.6) is 11.5 Å². The van der Waals surface area contributed by atoms with E-state index in [-0.39, 0.29) is 63.9 Å². The summed E-state index contributed by atoms with van der Waals surface area (Å²) in [4.78, 5) is 37.3. The average molecular weight is 451 g/mol. The molecule has 0 atom stereocenters. The molecule has 3 saturated carbocycles. The monoisotopic (exact) mass is 451 g/mol. The number of hydrogen-bond acceptors (Lipinski definition) is 6. The number of nitrogens with one attached hydrogen (secondary N) is 1. The summed E-state index contributed by atoms with van der Waals surface area (Å²) in [6.45, 7) is 1.43. The normalized spacial score (nSPS) is 22.8. The summed E-state index contributed by atoms with van der Waals surface area (Å²) < 4.78 is 24.5. The number of rotatable bonds is 7. The Balaban J connectivity index is 1.16. The Hall–Kier alpha value is -3.68. The van der Waals surface area contributed by atoms with Crippen molar-refractivity contribution < 1.29 is 28.2 Å². The van der Waals surface area contributed by atoms with Crippen molar-refractivity contribution in [3.63, 3.8) is 0 Å². The second-order valence-electron chi connectivity index (χ2n) is 9.31. The van der Waals surface area contributed by atoms with Gasteiger partial charge in [-0.05, 0) is 55.4 Å². The van der Waals surface area contributed by atoms with E-state index in [1.807, 2.05) is 0 Å². The Kier molecular flexibility index (Phi) is 4.77. The highest BCUT2D eigenvalue weighted by molar-refractivity contribution is 5.95. The molecule has 2 bridgehead atoms. The zero-order valence-electron chi connectivity index (χ0n) is 17.9. The fourth-order valence-electron chi connectivity index (χ4n) is 5.17. The lowest BCUT2D eigenvalue weighted by Crippen LogP contribution is -2.75. The molecule has 170 valence electrons. The predicted octanol–water partition coefficient (Wildman–Crippen LogP) is 3.64. The third-order valence-corrected chi connectivity index (χ3v) is 6.58. The molecule has 0 unspecified atom stereocenters. The molecule has 1 aromatic heterocycles. The van der Waals surface area contributed by atoms with E-state index >= 15 is 0 Å². The topological polar surface area (TPSA) is 106 Å². The molecule has 0 aliphatic heterocycles. The first-order valence-corrected chi connectivity index (χ1v) is 10.7. The van der Waals surface area contributed by atoms with Crippen LogP contribution in [-0.4, -0.2) is 28.9 Å². The number of carbonyl (C=O) groups is 2. The summed E-state index contributed by atoms with van der Waals surface area (Å²) in [6.07, 6.45) is 2.21. The smallest absolute Gasteiger partial charge is 0.258 e. The fraction of sp³-hybridized carbons (Fsp3) is 0.320. The van der Waals surface area contributed by atoms with Crippen molar-refractivity contribution in [2.45, 2.75) is 38.1 Å². The molecule has 1 heterocycles. The standard InChI is InChI=1S/C25H22FNO6/c1-14-2-4-16(7-18(14)26)32-10-23(31)27-25-11-24(12-25,13-25)9-20(30)22-8-19(29)17-5-3-15(28)6-21(17)33-22/h2-8,28H,9-13H2,1H3,(H,27,31). The van der Waals surface area contributed by atoms with Gasteiger partial charge in [0.2, 0.25) is 0 Å². The van der Waals surface area contributed by atoms with E-state index in [1.54, 1.807) is 19.1 Å². The largest absolute Gasteiger partial charge is 0.508 e. The number of aromatic hydroxyl groups is 1. The molecular weight excluding hydrogens is 429 g/mol. The van der Waals surface area contributed by atoms with E-state index < -0.39 is 5.82 Å². The van der Waals surface area contributed by atoms with Crippen LogP contribution >= 0.6 is 0 Å². The molecular formula is C25H22FNO6. The lowest BCUT2D eigenvalue weighted by atomic mass is 9.38.